The Kier molecular flexibility index (Phi) is 5.13. The number of hydrogen-bond acceptors (Lipinski definition) is 3. The zero-order chi connectivity index (χ0) is 18.0. The number of amides is 2. The van der Waals surface area contributed by atoms with Crippen LogP contribution in [-0.2, 0) is 14.3 Å². The SMILES string of the molecule is CC(=O)N(c1ccccc1)[C@H]1COC2(CCN(C(=O)C(C)C)CC2)C1. The molecule has 5 heteroatoms. The lowest BCUT2D eigenvalue weighted by Gasteiger charge is -2.39. The lowest BCUT2D eigenvalue weighted by Crippen LogP contribution is -2.48. The van der Waals surface area contributed by atoms with E-state index in [2.05, 4.69) is 0 Å². The van der Waals surface area contributed by atoms with Crippen molar-refractivity contribution in [3.63, 3.8) is 0 Å². The maximum Gasteiger partial charge on any atom is 0.225 e. The van der Waals surface area contributed by atoms with Gasteiger partial charge < -0.3 is 14.5 Å². The van der Waals surface area contributed by atoms with Gasteiger partial charge in [0.2, 0.25) is 11.8 Å². The second-order valence-corrected chi connectivity index (χ2v) is 7.56. The number of carbonyl (C=O) groups is 2. The highest BCUT2D eigenvalue weighted by Gasteiger charge is 2.45. The first-order valence-corrected chi connectivity index (χ1v) is 9.19. The quantitative estimate of drug-likeness (QED) is 0.847. The van der Waals surface area contributed by atoms with Gasteiger partial charge in [0.15, 0.2) is 0 Å². The Morgan fingerprint density at radius 3 is 2.40 bits per heavy atom. The first-order chi connectivity index (χ1) is 11.9. The molecule has 1 atom stereocenters. The third-order valence-corrected chi connectivity index (χ3v) is 5.41. The molecule has 0 saturated carbocycles. The van der Waals surface area contributed by atoms with Crippen LogP contribution in [0.1, 0.15) is 40.0 Å². The van der Waals surface area contributed by atoms with E-state index < -0.39 is 0 Å². The Hall–Kier alpha value is -1.88. The third kappa shape index (κ3) is 3.71. The highest BCUT2D eigenvalue weighted by atomic mass is 16.5. The van der Waals surface area contributed by atoms with Crippen molar-refractivity contribution in [2.24, 2.45) is 5.92 Å². The predicted molar refractivity (Wildman–Crippen MR) is 97.3 cm³/mol. The molecule has 3 rings (SSSR count). The number of benzene rings is 1. The van der Waals surface area contributed by atoms with Crippen molar-refractivity contribution in [1.82, 2.24) is 4.90 Å². The van der Waals surface area contributed by atoms with E-state index >= 15 is 0 Å². The summed E-state index contributed by atoms with van der Waals surface area (Å²) in [6.07, 6.45) is 2.54. The number of ether oxygens (including phenoxy) is 1. The van der Waals surface area contributed by atoms with Gasteiger partial charge in [0.1, 0.15) is 0 Å². The second-order valence-electron chi connectivity index (χ2n) is 7.56. The van der Waals surface area contributed by atoms with E-state index in [0.717, 1.165) is 38.0 Å². The molecule has 1 spiro atoms. The summed E-state index contributed by atoms with van der Waals surface area (Å²) in [4.78, 5) is 28.2. The Bertz CT molecular complexity index is 621. The Morgan fingerprint density at radius 2 is 1.84 bits per heavy atom. The summed E-state index contributed by atoms with van der Waals surface area (Å²) >= 11 is 0. The summed E-state index contributed by atoms with van der Waals surface area (Å²) in [5.41, 5.74) is 0.731. The number of para-hydroxylation sites is 1. The Balaban J connectivity index is 1.67. The van der Waals surface area contributed by atoms with Gasteiger partial charge in [-0.1, -0.05) is 32.0 Å². The third-order valence-electron chi connectivity index (χ3n) is 5.41. The molecular formula is C20H28N2O3. The van der Waals surface area contributed by atoms with E-state index in [1.165, 1.54) is 0 Å². The molecule has 0 aliphatic carbocycles. The van der Waals surface area contributed by atoms with Crippen LogP contribution < -0.4 is 4.90 Å². The summed E-state index contributed by atoms with van der Waals surface area (Å²) < 4.78 is 6.20. The first-order valence-electron chi connectivity index (χ1n) is 9.19. The molecule has 1 aromatic carbocycles. The van der Waals surface area contributed by atoms with E-state index in [1.54, 1.807) is 6.92 Å². The van der Waals surface area contributed by atoms with E-state index in [4.69, 9.17) is 4.74 Å². The molecule has 2 heterocycles. The van der Waals surface area contributed by atoms with E-state index in [1.807, 2.05) is 54.0 Å². The molecule has 0 N–H and O–H groups in total. The van der Waals surface area contributed by atoms with Crippen molar-refractivity contribution >= 4 is 17.5 Å². The van der Waals surface area contributed by atoms with Crippen LogP contribution in [0.3, 0.4) is 0 Å². The lowest BCUT2D eigenvalue weighted by atomic mass is 9.86. The van der Waals surface area contributed by atoms with Crippen molar-refractivity contribution in [3.05, 3.63) is 30.3 Å². The lowest BCUT2D eigenvalue weighted by molar-refractivity contribution is -0.139. The second kappa shape index (κ2) is 7.16. The number of likely N-dealkylation sites (tertiary alicyclic amines) is 1. The molecule has 25 heavy (non-hydrogen) atoms. The van der Waals surface area contributed by atoms with E-state index in [-0.39, 0.29) is 29.4 Å². The molecule has 5 nitrogen and oxygen atoms in total. The molecule has 0 aromatic heterocycles. The van der Waals surface area contributed by atoms with Gasteiger partial charge in [-0.3, -0.25) is 9.59 Å². The highest BCUT2D eigenvalue weighted by molar-refractivity contribution is 5.92. The van der Waals surface area contributed by atoms with Crippen molar-refractivity contribution in [2.45, 2.75) is 51.7 Å². The van der Waals surface area contributed by atoms with Gasteiger partial charge in [-0.2, -0.15) is 0 Å². The zero-order valence-electron chi connectivity index (χ0n) is 15.4. The molecule has 2 amide bonds. The molecule has 136 valence electrons. The molecular weight excluding hydrogens is 316 g/mol. The summed E-state index contributed by atoms with van der Waals surface area (Å²) in [7, 11) is 0. The molecule has 2 aliphatic rings. The average Bonchev–Trinajstić information content (AvgIpc) is 2.99. The zero-order valence-corrected chi connectivity index (χ0v) is 15.4. The summed E-state index contributed by atoms with van der Waals surface area (Å²) in [5.74, 6) is 0.306. The van der Waals surface area contributed by atoms with Crippen molar-refractivity contribution in [1.29, 1.82) is 0 Å². The van der Waals surface area contributed by atoms with Gasteiger partial charge in [0, 0.05) is 31.6 Å². The van der Waals surface area contributed by atoms with Gasteiger partial charge in [0.25, 0.3) is 0 Å². The van der Waals surface area contributed by atoms with Crippen LogP contribution in [0.25, 0.3) is 0 Å². The number of hydrogen-bond donors (Lipinski definition) is 0. The van der Waals surface area contributed by atoms with Crippen LogP contribution in [0.15, 0.2) is 30.3 Å². The fourth-order valence-electron chi connectivity index (χ4n) is 4.07. The van der Waals surface area contributed by atoms with Crippen molar-refractivity contribution in [3.8, 4) is 0 Å². The molecule has 2 saturated heterocycles. The smallest absolute Gasteiger partial charge is 0.225 e. The number of anilines is 1. The molecule has 2 aliphatic heterocycles. The fourth-order valence-corrected chi connectivity index (χ4v) is 4.07. The summed E-state index contributed by atoms with van der Waals surface area (Å²) in [6, 6.07) is 9.86. The minimum Gasteiger partial charge on any atom is -0.373 e. The van der Waals surface area contributed by atoms with Crippen LogP contribution >= 0.6 is 0 Å². The topological polar surface area (TPSA) is 49.9 Å². The Morgan fingerprint density at radius 1 is 1.20 bits per heavy atom. The van der Waals surface area contributed by atoms with Gasteiger partial charge in [-0.05, 0) is 31.4 Å². The Labute approximate surface area is 149 Å². The van der Waals surface area contributed by atoms with Crippen molar-refractivity contribution in [2.75, 3.05) is 24.6 Å². The van der Waals surface area contributed by atoms with Crippen molar-refractivity contribution < 1.29 is 14.3 Å². The maximum atomic E-state index is 12.2. The summed E-state index contributed by atoms with van der Waals surface area (Å²) in [5, 5.41) is 0. The fraction of sp³-hybridized carbons (Fsp3) is 0.600. The van der Waals surface area contributed by atoms with E-state index in [9.17, 15) is 9.59 Å². The van der Waals surface area contributed by atoms with Crippen LogP contribution in [0.5, 0.6) is 0 Å². The van der Waals surface area contributed by atoms with Gasteiger partial charge >= 0.3 is 0 Å². The highest BCUT2D eigenvalue weighted by Crippen LogP contribution is 2.39. The molecule has 2 fully saturated rings. The van der Waals surface area contributed by atoms with Gasteiger partial charge in [-0.15, -0.1) is 0 Å². The largest absolute Gasteiger partial charge is 0.373 e. The standard InChI is InChI=1S/C20H28N2O3/c1-15(2)19(24)21-11-9-20(10-12-21)13-18(14-25-20)22(16(3)23)17-7-5-4-6-8-17/h4-8,15,18H,9-14H2,1-3H3/t18-/m1/s1. The maximum absolute atomic E-state index is 12.2. The number of rotatable bonds is 3. The van der Waals surface area contributed by atoms with Crippen LogP contribution in [0.4, 0.5) is 5.69 Å². The van der Waals surface area contributed by atoms with Crippen LogP contribution in [-0.4, -0.2) is 48.1 Å². The minimum atomic E-state index is -0.194. The summed E-state index contributed by atoms with van der Waals surface area (Å²) in [6.45, 7) is 7.55. The predicted octanol–water partition coefficient (Wildman–Crippen LogP) is 2.85. The average molecular weight is 344 g/mol. The molecule has 1 aromatic rings. The van der Waals surface area contributed by atoms with Crippen LogP contribution in [0, 0.1) is 5.92 Å². The number of piperidine rings is 1. The van der Waals surface area contributed by atoms with Gasteiger partial charge in [0.05, 0.1) is 18.2 Å². The number of carbonyl (C=O) groups excluding carboxylic acids is 2. The molecule has 0 unspecified atom stereocenters. The van der Waals surface area contributed by atoms with E-state index in [0.29, 0.717) is 6.61 Å². The number of nitrogens with zero attached hydrogens (tertiary/aromatic N) is 2. The molecule has 0 radical (unpaired) electrons. The molecule has 0 bridgehead atoms. The van der Waals surface area contributed by atoms with Crippen LogP contribution in [0.2, 0.25) is 0 Å². The normalized spacial score (nSPS) is 22.4. The van der Waals surface area contributed by atoms with Gasteiger partial charge in [-0.25, -0.2) is 0 Å². The monoisotopic (exact) mass is 344 g/mol. The first kappa shape index (κ1) is 17.9. The minimum absolute atomic E-state index is 0.0394.